The molecule has 1 amide bonds. The summed E-state index contributed by atoms with van der Waals surface area (Å²) in [6, 6.07) is 14.4. The van der Waals surface area contributed by atoms with Crippen LogP contribution in [0.15, 0.2) is 72.3 Å². The minimum absolute atomic E-state index is 0.0116. The Balaban J connectivity index is 1.90. The average Bonchev–Trinajstić information content (AvgIpc) is 3.14. The molecule has 1 N–H and O–H groups in total. The lowest BCUT2D eigenvalue weighted by atomic mass is 9.94. The molecule has 1 atom stereocenters. The van der Waals surface area contributed by atoms with Crippen LogP contribution in [-0.2, 0) is 16.1 Å². The maximum absolute atomic E-state index is 13.5. The van der Waals surface area contributed by atoms with E-state index in [0.29, 0.717) is 29.2 Å². The maximum atomic E-state index is 13.5. The molecule has 0 spiro atoms. The van der Waals surface area contributed by atoms with Gasteiger partial charge in [0.2, 0.25) is 0 Å². The van der Waals surface area contributed by atoms with Gasteiger partial charge >= 0.3 is 0 Å². The van der Waals surface area contributed by atoms with Crippen molar-refractivity contribution in [1.29, 1.82) is 0 Å². The van der Waals surface area contributed by atoms with Gasteiger partial charge in [-0.3, -0.25) is 19.7 Å². The zero-order valence-electron chi connectivity index (χ0n) is 20.0. The molecular weight excluding hydrogens is 483 g/mol. The quantitative estimate of drug-likeness (QED) is 0.154. The topological polar surface area (TPSA) is 119 Å². The molecule has 1 saturated heterocycles. The van der Waals surface area contributed by atoms with Crippen molar-refractivity contribution in [3.63, 3.8) is 0 Å². The van der Waals surface area contributed by atoms with E-state index in [0.717, 1.165) is 6.07 Å². The number of nitrogens with zero attached hydrogens (tertiary/aromatic N) is 2. The summed E-state index contributed by atoms with van der Waals surface area (Å²) in [6.45, 7) is 2.05. The van der Waals surface area contributed by atoms with Crippen LogP contribution in [0.5, 0.6) is 11.5 Å². The van der Waals surface area contributed by atoms with Gasteiger partial charge in [-0.2, -0.15) is 0 Å². The van der Waals surface area contributed by atoms with Crippen LogP contribution in [0.4, 0.5) is 10.1 Å². The number of likely N-dealkylation sites (tertiary alicyclic amines) is 1. The van der Waals surface area contributed by atoms with Gasteiger partial charge in [-0.05, 0) is 42.3 Å². The molecule has 0 aromatic heterocycles. The number of carbonyl (C=O) groups is 2. The minimum atomic E-state index is -1.06. The first-order valence-electron chi connectivity index (χ1n) is 11.3. The Bertz CT molecular complexity index is 1400. The fourth-order valence-corrected chi connectivity index (χ4v) is 4.23. The minimum Gasteiger partial charge on any atom is -0.507 e. The molecule has 4 rings (SSSR count). The Morgan fingerprint density at radius 3 is 2.46 bits per heavy atom. The molecule has 1 unspecified atom stereocenters. The highest BCUT2D eigenvalue weighted by molar-refractivity contribution is 6.46. The lowest BCUT2D eigenvalue weighted by Crippen LogP contribution is -2.29. The summed E-state index contributed by atoms with van der Waals surface area (Å²) in [5.74, 6) is -2.04. The normalized spacial score (nSPS) is 16.6. The molecule has 0 bridgehead atoms. The second kappa shape index (κ2) is 10.5. The number of ketones is 1. The van der Waals surface area contributed by atoms with Crippen molar-refractivity contribution >= 4 is 23.1 Å². The third-order valence-electron chi connectivity index (χ3n) is 5.94. The van der Waals surface area contributed by atoms with Gasteiger partial charge < -0.3 is 19.5 Å². The van der Waals surface area contributed by atoms with Crippen molar-refractivity contribution in [3.8, 4) is 11.5 Å². The van der Waals surface area contributed by atoms with Gasteiger partial charge in [-0.25, -0.2) is 4.39 Å². The number of amides is 1. The second-order valence-corrected chi connectivity index (χ2v) is 8.20. The Morgan fingerprint density at radius 2 is 1.81 bits per heavy atom. The molecule has 9 nitrogen and oxygen atoms in total. The Kier molecular flexibility index (Phi) is 7.19. The van der Waals surface area contributed by atoms with Gasteiger partial charge in [-0.1, -0.05) is 30.3 Å². The van der Waals surface area contributed by atoms with Gasteiger partial charge in [0.1, 0.15) is 11.6 Å². The maximum Gasteiger partial charge on any atom is 0.295 e. The second-order valence-electron chi connectivity index (χ2n) is 8.20. The van der Waals surface area contributed by atoms with E-state index in [1.165, 1.54) is 54.5 Å². The van der Waals surface area contributed by atoms with Crippen LogP contribution in [0.1, 0.15) is 29.7 Å². The number of carbonyl (C=O) groups excluding carboxylic acids is 2. The van der Waals surface area contributed by atoms with E-state index < -0.39 is 34.2 Å². The number of halogens is 1. The molecule has 0 aliphatic carbocycles. The number of methoxy groups -OCH3 is 1. The van der Waals surface area contributed by atoms with Gasteiger partial charge in [0.25, 0.3) is 17.4 Å². The molecular formula is C27H23FN2O7. The molecule has 190 valence electrons. The Labute approximate surface area is 211 Å². The summed E-state index contributed by atoms with van der Waals surface area (Å²) in [5.41, 5.74) is 0.488. The zero-order chi connectivity index (χ0) is 26.7. The van der Waals surface area contributed by atoms with Crippen LogP contribution < -0.4 is 9.47 Å². The highest BCUT2D eigenvalue weighted by Crippen LogP contribution is 2.43. The van der Waals surface area contributed by atoms with Crippen LogP contribution in [0, 0.1) is 15.9 Å². The van der Waals surface area contributed by atoms with E-state index in [1.54, 1.807) is 25.1 Å². The molecule has 1 aliphatic heterocycles. The third-order valence-corrected chi connectivity index (χ3v) is 5.94. The lowest BCUT2D eigenvalue weighted by Gasteiger charge is -2.26. The summed E-state index contributed by atoms with van der Waals surface area (Å²) < 4.78 is 24.5. The standard InChI is InChI=1S/C27H23FN2O7/c1-3-37-22-14-17(9-12-21(22)36-2)24-23(25(31)18-5-4-6-20(13-18)30(34)35)26(32)27(33)29(24)15-16-7-10-19(28)11-8-16/h4-14,24,31H,3,15H2,1-2H3/b25-23+. The third kappa shape index (κ3) is 4.99. The van der Waals surface area contributed by atoms with Gasteiger partial charge in [0, 0.05) is 24.2 Å². The first-order chi connectivity index (χ1) is 17.7. The number of non-ortho nitro benzene ring substituents is 1. The van der Waals surface area contributed by atoms with Crippen LogP contribution in [0.3, 0.4) is 0 Å². The number of hydrogen-bond donors (Lipinski definition) is 1. The number of aliphatic hydroxyl groups excluding tert-OH is 1. The van der Waals surface area contributed by atoms with Gasteiger partial charge in [0.15, 0.2) is 11.5 Å². The van der Waals surface area contributed by atoms with Crippen molar-refractivity contribution in [2.24, 2.45) is 0 Å². The van der Waals surface area contributed by atoms with Gasteiger partial charge in [0.05, 0.1) is 30.3 Å². The van der Waals surface area contributed by atoms with E-state index >= 15 is 0 Å². The summed E-state index contributed by atoms with van der Waals surface area (Å²) in [7, 11) is 1.47. The summed E-state index contributed by atoms with van der Waals surface area (Å²) in [6.07, 6.45) is 0. The molecule has 0 saturated carbocycles. The fourth-order valence-electron chi connectivity index (χ4n) is 4.23. The number of aliphatic hydroxyl groups is 1. The van der Waals surface area contributed by atoms with Gasteiger partial charge in [-0.15, -0.1) is 0 Å². The highest BCUT2D eigenvalue weighted by Gasteiger charge is 2.46. The number of Topliss-reactive ketones (excluding diaryl/α,β-unsaturated/α-hetero) is 1. The molecule has 1 heterocycles. The highest BCUT2D eigenvalue weighted by atomic mass is 19.1. The number of nitro benzene ring substituents is 1. The largest absolute Gasteiger partial charge is 0.507 e. The molecule has 10 heteroatoms. The van der Waals surface area contributed by atoms with Crippen molar-refractivity contribution in [1.82, 2.24) is 4.90 Å². The first-order valence-corrected chi connectivity index (χ1v) is 11.3. The van der Waals surface area contributed by atoms with Crippen LogP contribution in [0.25, 0.3) is 5.76 Å². The fraction of sp³-hybridized carbons (Fsp3) is 0.185. The average molecular weight is 506 g/mol. The lowest BCUT2D eigenvalue weighted by molar-refractivity contribution is -0.384. The van der Waals surface area contributed by atoms with Crippen LogP contribution in [-0.4, -0.2) is 40.3 Å². The Hall–Kier alpha value is -4.73. The summed E-state index contributed by atoms with van der Waals surface area (Å²) in [4.78, 5) is 38.4. The number of hydrogen-bond acceptors (Lipinski definition) is 7. The number of rotatable bonds is 8. The zero-order valence-corrected chi connectivity index (χ0v) is 20.0. The predicted molar refractivity (Wildman–Crippen MR) is 132 cm³/mol. The summed E-state index contributed by atoms with van der Waals surface area (Å²) >= 11 is 0. The monoisotopic (exact) mass is 506 g/mol. The van der Waals surface area contributed by atoms with Crippen LogP contribution in [0.2, 0.25) is 0 Å². The van der Waals surface area contributed by atoms with E-state index in [4.69, 9.17) is 9.47 Å². The SMILES string of the molecule is CCOc1cc(C2/C(=C(\O)c3cccc([N+](=O)[O-])c3)C(=O)C(=O)N2Cc2ccc(F)cc2)ccc1OC. The van der Waals surface area contributed by atoms with E-state index in [9.17, 15) is 29.2 Å². The first kappa shape index (κ1) is 25.4. The number of nitro groups is 1. The molecule has 3 aromatic carbocycles. The van der Waals surface area contributed by atoms with Crippen molar-refractivity contribution in [2.75, 3.05) is 13.7 Å². The summed E-state index contributed by atoms with van der Waals surface area (Å²) in [5, 5.41) is 22.5. The molecule has 1 fully saturated rings. The van der Waals surface area contributed by atoms with Crippen LogP contribution >= 0.6 is 0 Å². The van der Waals surface area contributed by atoms with Crippen molar-refractivity contribution in [2.45, 2.75) is 19.5 Å². The van der Waals surface area contributed by atoms with E-state index in [1.807, 2.05) is 0 Å². The van der Waals surface area contributed by atoms with E-state index in [-0.39, 0.29) is 23.4 Å². The molecule has 37 heavy (non-hydrogen) atoms. The molecule has 3 aromatic rings. The Morgan fingerprint density at radius 1 is 1.08 bits per heavy atom. The van der Waals surface area contributed by atoms with E-state index in [2.05, 4.69) is 0 Å². The predicted octanol–water partition coefficient (Wildman–Crippen LogP) is 4.76. The number of benzene rings is 3. The van der Waals surface area contributed by atoms with Crippen molar-refractivity contribution in [3.05, 3.63) is 105 Å². The smallest absolute Gasteiger partial charge is 0.295 e. The number of ether oxygens (including phenoxy) is 2. The molecule has 0 radical (unpaired) electrons. The molecule has 1 aliphatic rings. The van der Waals surface area contributed by atoms with Crippen molar-refractivity contribution < 1.29 is 33.5 Å².